The van der Waals surface area contributed by atoms with Crippen LogP contribution >= 0.6 is 23.2 Å². The Morgan fingerprint density at radius 1 is 1.24 bits per heavy atom. The van der Waals surface area contributed by atoms with Gasteiger partial charge in [0.05, 0.1) is 15.9 Å². The van der Waals surface area contributed by atoms with Gasteiger partial charge in [-0.1, -0.05) is 29.8 Å². The molecule has 1 unspecified atom stereocenters. The van der Waals surface area contributed by atoms with E-state index in [0.717, 1.165) is 22.4 Å². The SMILES string of the molecule is CC(Cl)c1nc2c(Cl)cccc2n1Cc1cccc(F)c1. The van der Waals surface area contributed by atoms with Crippen molar-refractivity contribution < 1.29 is 4.39 Å². The van der Waals surface area contributed by atoms with Crippen molar-refractivity contribution in [2.75, 3.05) is 0 Å². The lowest BCUT2D eigenvalue weighted by molar-refractivity contribution is 0.623. The number of hydrogen-bond donors (Lipinski definition) is 0. The number of nitrogens with zero attached hydrogens (tertiary/aromatic N) is 2. The summed E-state index contributed by atoms with van der Waals surface area (Å²) in [7, 11) is 0. The van der Waals surface area contributed by atoms with Gasteiger partial charge in [-0.05, 0) is 36.8 Å². The van der Waals surface area contributed by atoms with Gasteiger partial charge in [0.15, 0.2) is 0 Å². The van der Waals surface area contributed by atoms with Crippen molar-refractivity contribution in [3.05, 3.63) is 64.7 Å². The van der Waals surface area contributed by atoms with Crippen LogP contribution in [0.5, 0.6) is 0 Å². The Bertz CT molecular complexity index is 796. The predicted octanol–water partition coefficient (Wildman–Crippen LogP) is 5.18. The van der Waals surface area contributed by atoms with Gasteiger partial charge in [-0.25, -0.2) is 9.37 Å². The topological polar surface area (TPSA) is 17.8 Å². The van der Waals surface area contributed by atoms with Crippen LogP contribution in [-0.4, -0.2) is 9.55 Å². The number of imidazole rings is 1. The molecule has 5 heteroatoms. The van der Waals surface area contributed by atoms with Gasteiger partial charge in [0, 0.05) is 6.54 Å². The van der Waals surface area contributed by atoms with E-state index >= 15 is 0 Å². The van der Waals surface area contributed by atoms with Crippen LogP contribution in [-0.2, 0) is 6.54 Å². The fraction of sp³-hybridized carbons (Fsp3) is 0.188. The van der Waals surface area contributed by atoms with E-state index in [1.807, 2.05) is 29.7 Å². The average Bonchev–Trinajstić information content (AvgIpc) is 2.80. The van der Waals surface area contributed by atoms with Crippen LogP contribution in [0.1, 0.15) is 23.7 Å². The van der Waals surface area contributed by atoms with E-state index in [1.165, 1.54) is 12.1 Å². The number of rotatable bonds is 3. The Kier molecular flexibility index (Phi) is 3.87. The molecule has 0 radical (unpaired) electrons. The normalized spacial score (nSPS) is 12.8. The van der Waals surface area contributed by atoms with Crippen molar-refractivity contribution in [2.24, 2.45) is 0 Å². The minimum Gasteiger partial charge on any atom is -0.322 e. The Labute approximate surface area is 132 Å². The summed E-state index contributed by atoms with van der Waals surface area (Å²) in [5.41, 5.74) is 2.47. The van der Waals surface area contributed by atoms with Crippen molar-refractivity contribution in [2.45, 2.75) is 18.8 Å². The van der Waals surface area contributed by atoms with Gasteiger partial charge in [-0.2, -0.15) is 0 Å². The van der Waals surface area contributed by atoms with E-state index in [4.69, 9.17) is 23.2 Å². The first-order chi connectivity index (χ1) is 10.1. The van der Waals surface area contributed by atoms with Gasteiger partial charge >= 0.3 is 0 Å². The number of halogens is 3. The molecule has 108 valence electrons. The highest BCUT2D eigenvalue weighted by Gasteiger charge is 2.16. The molecule has 0 bridgehead atoms. The van der Waals surface area contributed by atoms with E-state index < -0.39 is 0 Å². The summed E-state index contributed by atoms with van der Waals surface area (Å²) in [6.45, 7) is 2.36. The molecule has 0 aliphatic rings. The molecule has 3 rings (SSSR count). The molecule has 0 spiro atoms. The molecule has 0 saturated carbocycles. The van der Waals surface area contributed by atoms with Crippen molar-refractivity contribution in [1.82, 2.24) is 9.55 Å². The molecule has 0 fully saturated rings. The summed E-state index contributed by atoms with van der Waals surface area (Å²) < 4.78 is 15.3. The van der Waals surface area contributed by atoms with Gasteiger partial charge in [0.1, 0.15) is 17.2 Å². The van der Waals surface area contributed by atoms with E-state index in [1.54, 1.807) is 12.1 Å². The van der Waals surface area contributed by atoms with Crippen LogP contribution in [0, 0.1) is 5.82 Å². The minimum atomic E-state index is -0.262. The Morgan fingerprint density at radius 2 is 2.00 bits per heavy atom. The lowest BCUT2D eigenvalue weighted by atomic mass is 10.2. The zero-order chi connectivity index (χ0) is 15.0. The molecule has 1 heterocycles. The molecular weight excluding hydrogens is 310 g/mol. The number of para-hydroxylation sites is 1. The summed E-state index contributed by atoms with van der Waals surface area (Å²) in [5.74, 6) is 0.472. The highest BCUT2D eigenvalue weighted by atomic mass is 35.5. The molecule has 1 aromatic heterocycles. The average molecular weight is 323 g/mol. The Hall–Kier alpha value is -1.58. The highest BCUT2D eigenvalue weighted by molar-refractivity contribution is 6.35. The number of fused-ring (bicyclic) bond motifs is 1. The maximum atomic E-state index is 13.4. The third-order valence-electron chi connectivity index (χ3n) is 3.34. The summed E-state index contributed by atoms with van der Waals surface area (Å²) in [5, 5.41) is 0.325. The van der Waals surface area contributed by atoms with Crippen molar-refractivity contribution in [3.63, 3.8) is 0 Å². The Morgan fingerprint density at radius 3 is 2.71 bits per heavy atom. The van der Waals surface area contributed by atoms with Crippen LogP contribution in [0.4, 0.5) is 4.39 Å². The first kappa shape index (κ1) is 14.4. The molecular formula is C16H13Cl2FN2. The minimum absolute atomic E-state index is 0.254. The molecule has 3 aromatic rings. The van der Waals surface area contributed by atoms with Crippen LogP contribution in [0.2, 0.25) is 5.02 Å². The fourth-order valence-electron chi connectivity index (χ4n) is 2.42. The van der Waals surface area contributed by atoms with Gasteiger partial charge in [-0.15, -0.1) is 11.6 Å². The number of hydrogen-bond acceptors (Lipinski definition) is 1. The summed E-state index contributed by atoms with van der Waals surface area (Å²) in [6, 6.07) is 12.1. The third-order valence-corrected chi connectivity index (χ3v) is 3.84. The second-order valence-electron chi connectivity index (χ2n) is 4.91. The summed E-state index contributed by atoms with van der Waals surface area (Å²) in [6.07, 6.45) is 0. The quantitative estimate of drug-likeness (QED) is 0.608. The van der Waals surface area contributed by atoms with Crippen molar-refractivity contribution >= 4 is 34.2 Å². The largest absolute Gasteiger partial charge is 0.322 e. The molecule has 21 heavy (non-hydrogen) atoms. The number of benzene rings is 2. The van der Waals surface area contributed by atoms with Crippen LogP contribution in [0.15, 0.2) is 42.5 Å². The highest BCUT2D eigenvalue weighted by Crippen LogP contribution is 2.29. The molecule has 0 saturated heterocycles. The fourth-order valence-corrected chi connectivity index (χ4v) is 2.80. The van der Waals surface area contributed by atoms with E-state index in [0.29, 0.717) is 11.6 Å². The van der Waals surface area contributed by atoms with Crippen molar-refractivity contribution in [1.29, 1.82) is 0 Å². The van der Waals surface area contributed by atoms with Gasteiger partial charge in [0.25, 0.3) is 0 Å². The first-order valence-electron chi connectivity index (χ1n) is 6.59. The first-order valence-corrected chi connectivity index (χ1v) is 7.41. The monoisotopic (exact) mass is 322 g/mol. The number of aromatic nitrogens is 2. The maximum Gasteiger partial charge on any atom is 0.128 e. The lowest BCUT2D eigenvalue weighted by Crippen LogP contribution is -2.06. The molecule has 2 nitrogen and oxygen atoms in total. The standard InChI is InChI=1S/C16H13Cl2FN2/c1-10(17)16-20-15-13(18)6-3-7-14(15)21(16)9-11-4-2-5-12(19)8-11/h2-8,10H,9H2,1H3. The van der Waals surface area contributed by atoms with Crippen molar-refractivity contribution in [3.8, 4) is 0 Å². The second-order valence-corrected chi connectivity index (χ2v) is 5.97. The van der Waals surface area contributed by atoms with Crippen LogP contribution in [0.25, 0.3) is 11.0 Å². The van der Waals surface area contributed by atoms with Gasteiger partial charge in [-0.3, -0.25) is 0 Å². The van der Waals surface area contributed by atoms with E-state index in [-0.39, 0.29) is 11.2 Å². The van der Waals surface area contributed by atoms with Gasteiger partial charge < -0.3 is 4.57 Å². The summed E-state index contributed by atoms with van der Waals surface area (Å²) in [4.78, 5) is 4.54. The van der Waals surface area contributed by atoms with Crippen LogP contribution < -0.4 is 0 Å². The second kappa shape index (κ2) is 5.66. The molecule has 1 atom stereocenters. The van der Waals surface area contributed by atoms with Gasteiger partial charge in [0.2, 0.25) is 0 Å². The summed E-state index contributed by atoms with van der Waals surface area (Å²) >= 11 is 12.4. The lowest BCUT2D eigenvalue weighted by Gasteiger charge is -2.10. The molecule has 0 aliphatic carbocycles. The third kappa shape index (κ3) is 2.76. The molecule has 0 aliphatic heterocycles. The zero-order valence-corrected chi connectivity index (χ0v) is 12.9. The predicted molar refractivity (Wildman–Crippen MR) is 84.5 cm³/mol. The Balaban J connectivity index is 2.16. The van der Waals surface area contributed by atoms with E-state index in [9.17, 15) is 4.39 Å². The maximum absolute atomic E-state index is 13.4. The van der Waals surface area contributed by atoms with E-state index in [2.05, 4.69) is 4.98 Å². The van der Waals surface area contributed by atoms with Crippen LogP contribution in [0.3, 0.4) is 0 Å². The molecule has 0 N–H and O–H groups in total. The smallest absolute Gasteiger partial charge is 0.128 e. The zero-order valence-electron chi connectivity index (χ0n) is 11.4. The molecule has 2 aromatic carbocycles. The molecule has 0 amide bonds. The number of alkyl halides is 1.